The Bertz CT molecular complexity index is 2560. The van der Waals surface area contributed by atoms with E-state index in [1.54, 1.807) is 20.1 Å². The highest BCUT2D eigenvalue weighted by Crippen LogP contribution is 2.08. The van der Waals surface area contributed by atoms with Gasteiger partial charge in [0.2, 0.25) is 112 Å². The van der Waals surface area contributed by atoms with Crippen molar-refractivity contribution in [3.8, 4) is 0 Å². The molecule has 23 N–H and O–H groups in total. The van der Waals surface area contributed by atoms with Crippen LogP contribution in [-0.2, 0) is 91.1 Å². The van der Waals surface area contributed by atoms with Crippen molar-refractivity contribution in [2.75, 3.05) is 111 Å². The third kappa shape index (κ3) is 38.8. The molecule has 0 unspecified atom stereocenters. The fraction of sp³-hybridized carbons (Fsp3) is 0.604. The van der Waals surface area contributed by atoms with Crippen LogP contribution in [0.5, 0.6) is 0 Å². The predicted molar refractivity (Wildman–Crippen MR) is 308 cm³/mol. The smallest absolute Gasteiger partial charge is 0.245 e. The number of nitrogens with two attached hydrogens (primary N) is 2. The first-order valence-electron chi connectivity index (χ1n) is 27.0. The maximum absolute atomic E-state index is 13.1. The number of carbonyl (C=O) groups is 19. The van der Waals surface area contributed by atoms with Gasteiger partial charge in [-0.2, -0.15) is 11.8 Å². The van der Waals surface area contributed by atoms with E-state index in [2.05, 4.69) is 95.7 Å². The SMILES string of the molecule is CC[C@H](C)[C@H](NC(=O)CNC(=O)CNC(=O)CNC(=O)CNC(=O)[C@H](CC(N)=O)NC(=O)CNC(=O)CNC(=O)CNC(=O)CNC(=O)CNC(=O)CNC(=O)CNC(=O)CNC(=O)CNC)C(=O)NCC(=O)N[C@H](C(=O)N[C@@H](CCSC)C(N)=O)[C@@H](C)O. The lowest BCUT2D eigenvalue weighted by molar-refractivity contribution is -0.134. The number of thioether (sulfide) groups is 1. The molecular formula is C48H80N20O20S. The zero-order valence-electron chi connectivity index (χ0n) is 49.5. The number of rotatable bonds is 44. The number of primary amides is 2. The summed E-state index contributed by atoms with van der Waals surface area (Å²) in [6, 6.07) is -5.49. The number of nitrogens with one attached hydrogen (secondary N) is 18. The maximum atomic E-state index is 13.1. The molecule has 0 spiro atoms. The molecule has 40 nitrogen and oxygen atoms in total. The highest BCUT2D eigenvalue weighted by atomic mass is 32.2. The summed E-state index contributed by atoms with van der Waals surface area (Å²) < 4.78 is 0. The van der Waals surface area contributed by atoms with Gasteiger partial charge in [-0.15, -0.1) is 0 Å². The first kappa shape index (κ1) is 79.2. The summed E-state index contributed by atoms with van der Waals surface area (Å²) in [6.45, 7) is -3.98. The van der Waals surface area contributed by atoms with Crippen molar-refractivity contribution in [2.24, 2.45) is 17.4 Å². The van der Waals surface area contributed by atoms with Crippen LogP contribution in [0.2, 0.25) is 0 Å². The molecule has 0 heterocycles. The minimum absolute atomic E-state index is 0.0214. The molecular weight excluding hydrogens is 1210 g/mol. The Hall–Kier alpha value is -9.80. The molecule has 89 heavy (non-hydrogen) atoms. The standard InChI is InChI=1S/C48H80N20O20S/c1-6-24(2)43(47(87)64-23-42(84)68-44(25(3)69)48(88)66-26(45(50)85)7-8-89-5)67-41(83)22-62-38(80)19-59-36(78)17-60-39(81)20-63-46(86)27(9-28(49)70)65-40(82)21-61-37(79)18-58-35(77)16-57-34(76)15-56-33(75)14-55-32(74)13-54-31(73)12-53-30(72)11-52-29(71)10-51-4/h24-27,43-44,51,69H,6-23H2,1-5H3,(H2,49,70)(H2,50,85)(H,52,71)(H,53,72)(H,54,73)(H,55,74)(H,56,75)(H,57,76)(H,58,77)(H,59,78)(H,60,81)(H,61,79)(H,62,80)(H,63,86)(H,64,87)(H,65,82)(H,66,88)(H,67,83)(H,68,84)/t24-,25+,26-,27-,43-,44-/m0/s1. The normalized spacial score (nSPS) is 12.4. The largest absolute Gasteiger partial charge is 0.391 e. The molecule has 41 heteroatoms. The Labute approximate surface area is 512 Å². The lowest BCUT2D eigenvalue weighted by Gasteiger charge is -2.25. The number of amides is 19. The minimum atomic E-state index is -1.67. The second-order valence-corrected chi connectivity index (χ2v) is 19.7. The van der Waals surface area contributed by atoms with E-state index in [0.29, 0.717) is 12.2 Å². The molecule has 0 aromatic rings. The summed E-state index contributed by atoms with van der Waals surface area (Å²) in [5.41, 5.74) is 10.5. The summed E-state index contributed by atoms with van der Waals surface area (Å²) in [6.07, 6.45) is 0.133. The van der Waals surface area contributed by atoms with E-state index in [-0.39, 0.29) is 19.5 Å². The van der Waals surface area contributed by atoms with Gasteiger partial charge in [0.1, 0.15) is 24.2 Å². The van der Waals surface area contributed by atoms with Gasteiger partial charge in [0.15, 0.2) is 0 Å². The van der Waals surface area contributed by atoms with Gasteiger partial charge in [-0.1, -0.05) is 20.3 Å². The first-order chi connectivity index (χ1) is 41.9. The molecule has 498 valence electrons. The summed E-state index contributed by atoms with van der Waals surface area (Å²) >= 11 is 1.40. The molecule has 0 rings (SSSR count). The van der Waals surface area contributed by atoms with Crippen molar-refractivity contribution in [3.05, 3.63) is 0 Å². The van der Waals surface area contributed by atoms with E-state index in [1.807, 2.05) is 0 Å². The van der Waals surface area contributed by atoms with Gasteiger partial charge in [0.25, 0.3) is 0 Å². The highest BCUT2D eigenvalue weighted by Gasteiger charge is 2.31. The number of carbonyl (C=O) groups excluding carboxylic acids is 19. The fourth-order valence-electron chi connectivity index (χ4n) is 6.38. The van der Waals surface area contributed by atoms with E-state index in [9.17, 15) is 96.2 Å². The van der Waals surface area contributed by atoms with Gasteiger partial charge in [0.05, 0.1) is 104 Å². The second-order valence-electron chi connectivity index (χ2n) is 18.8. The molecule has 6 atom stereocenters. The van der Waals surface area contributed by atoms with Crippen molar-refractivity contribution in [3.63, 3.8) is 0 Å². The molecule has 0 fully saturated rings. The van der Waals surface area contributed by atoms with Crippen LogP contribution in [0.4, 0.5) is 0 Å². The van der Waals surface area contributed by atoms with Crippen molar-refractivity contribution >= 4 is 124 Å². The van der Waals surface area contributed by atoms with Crippen LogP contribution in [0.15, 0.2) is 0 Å². The lowest BCUT2D eigenvalue weighted by atomic mass is 9.98. The Morgan fingerprint density at radius 2 is 0.663 bits per heavy atom. The average Bonchev–Trinajstić information content (AvgIpc) is 3.49. The van der Waals surface area contributed by atoms with Crippen LogP contribution in [0.25, 0.3) is 0 Å². The highest BCUT2D eigenvalue weighted by molar-refractivity contribution is 7.98. The number of aliphatic hydroxyl groups excluding tert-OH is 1. The fourth-order valence-corrected chi connectivity index (χ4v) is 6.85. The topological polar surface area (TPSA) is 613 Å². The zero-order valence-corrected chi connectivity index (χ0v) is 50.3. The Kier molecular flexibility index (Phi) is 39.7. The van der Waals surface area contributed by atoms with Gasteiger partial charge in [-0.25, -0.2) is 0 Å². The van der Waals surface area contributed by atoms with E-state index in [4.69, 9.17) is 11.5 Å². The minimum Gasteiger partial charge on any atom is -0.391 e. The molecule has 0 aliphatic carbocycles. The summed E-state index contributed by atoms with van der Waals surface area (Å²) in [5, 5.41) is 50.3. The van der Waals surface area contributed by atoms with Crippen molar-refractivity contribution in [1.82, 2.24) is 95.7 Å². The molecule has 0 aliphatic rings. The molecule has 19 amide bonds. The van der Waals surface area contributed by atoms with E-state index >= 15 is 0 Å². The van der Waals surface area contributed by atoms with Gasteiger partial charge in [-0.05, 0) is 38.3 Å². The number of hydrogen-bond acceptors (Lipinski definition) is 22. The molecule has 0 radical (unpaired) electrons. The van der Waals surface area contributed by atoms with Crippen LogP contribution in [0.1, 0.15) is 40.0 Å². The lowest BCUT2D eigenvalue weighted by Crippen LogP contribution is -2.58. The number of aliphatic hydroxyl groups is 1. The predicted octanol–water partition coefficient (Wildman–Crippen LogP) is -14.8. The van der Waals surface area contributed by atoms with Crippen molar-refractivity contribution < 1.29 is 96.2 Å². The molecule has 0 aromatic carbocycles. The Balaban J connectivity index is 4.70. The quantitative estimate of drug-likeness (QED) is 0.0269. The summed E-state index contributed by atoms with van der Waals surface area (Å²) in [5.74, 6) is -16.4. The molecule has 0 bridgehead atoms. The second kappa shape index (κ2) is 44.6. The van der Waals surface area contributed by atoms with Crippen LogP contribution in [0.3, 0.4) is 0 Å². The van der Waals surface area contributed by atoms with Crippen LogP contribution in [-0.4, -0.2) is 258 Å². The molecule has 0 aromatic heterocycles. The van der Waals surface area contributed by atoms with Gasteiger partial charge >= 0.3 is 0 Å². The van der Waals surface area contributed by atoms with Crippen LogP contribution in [0, 0.1) is 5.92 Å². The van der Waals surface area contributed by atoms with Crippen molar-refractivity contribution in [2.45, 2.75) is 70.3 Å². The van der Waals surface area contributed by atoms with Gasteiger partial charge < -0.3 is 112 Å². The molecule has 0 saturated heterocycles. The van der Waals surface area contributed by atoms with E-state index in [1.165, 1.54) is 25.7 Å². The molecule has 0 saturated carbocycles. The van der Waals surface area contributed by atoms with Crippen LogP contribution < -0.4 is 107 Å². The number of hydrogen-bond donors (Lipinski definition) is 21. The summed E-state index contributed by atoms with van der Waals surface area (Å²) in [4.78, 5) is 232. The Morgan fingerprint density at radius 1 is 0.371 bits per heavy atom. The van der Waals surface area contributed by atoms with Gasteiger partial charge in [0, 0.05) is 0 Å². The molecule has 0 aliphatic heterocycles. The Morgan fingerprint density at radius 3 is 0.966 bits per heavy atom. The number of likely N-dealkylation sites (N-methyl/N-ethyl adjacent to an activating group) is 1. The van der Waals surface area contributed by atoms with Crippen molar-refractivity contribution in [1.29, 1.82) is 0 Å². The third-order valence-electron chi connectivity index (χ3n) is 11.3. The maximum Gasteiger partial charge on any atom is 0.245 e. The van der Waals surface area contributed by atoms with Gasteiger partial charge in [-0.3, -0.25) is 91.1 Å². The first-order valence-corrected chi connectivity index (χ1v) is 28.4. The van der Waals surface area contributed by atoms with Crippen LogP contribution >= 0.6 is 11.8 Å². The summed E-state index contributed by atoms with van der Waals surface area (Å²) in [7, 11) is 1.53. The van der Waals surface area contributed by atoms with E-state index in [0.717, 1.165) is 0 Å². The zero-order chi connectivity index (χ0) is 67.6. The monoisotopic (exact) mass is 1290 g/mol. The van der Waals surface area contributed by atoms with E-state index < -0.39 is 233 Å². The third-order valence-corrected chi connectivity index (χ3v) is 12.0. The average molecular weight is 1290 g/mol.